The second kappa shape index (κ2) is 13.3. The van der Waals surface area contributed by atoms with E-state index in [-0.39, 0.29) is 17.9 Å². The molecule has 182 valence electrons. The van der Waals surface area contributed by atoms with Gasteiger partial charge in [0.05, 0.1) is 11.5 Å². The van der Waals surface area contributed by atoms with E-state index in [0.29, 0.717) is 55.0 Å². The van der Waals surface area contributed by atoms with E-state index in [1.807, 2.05) is 53.5 Å². The molecule has 2 heterocycles. The van der Waals surface area contributed by atoms with Crippen LogP contribution < -0.4 is 0 Å². The standard InChI is InChI=1S/C25H31N3O4S2/c1-2-32-24(31)27-18-16-26(17-19-27)22(29)14-7-4-8-15-28-23(30)21(34-25(28)33)13-9-12-20-10-5-3-6-11-20/h3,5-6,9-13H,2,4,7-8,14-19H2,1H3/b12-9+,21-13+. The Morgan fingerprint density at radius 2 is 1.76 bits per heavy atom. The Bertz CT molecular complexity index is 941. The van der Waals surface area contributed by atoms with Crippen LogP contribution in [0.1, 0.15) is 38.2 Å². The third-order valence-electron chi connectivity index (χ3n) is 5.64. The summed E-state index contributed by atoms with van der Waals surface area (Å²) < 4.78 is 5.59. The lowest BCUT2D eigenvalue weighted by molar-refractivity contribution is -0.133. The zero-order valence-electron chi connectivity index (χ0n) is 19.5. The van der Waals surface area contributed by atoms with Crippen LogP contribution in [0.3, 0.4) is 0 Å². The molecule has 0 radical (unpaired) electrons. The minimum Gasteiger partial charge on any atom is -0.450 e. The molecule has 2 aliphatic rings. The van der Waals surface area contributed by atoms with Crippen LogP contribution >= 0.6 is 24.0 Å². The van der Waals surface area contributed by atoms with Gasteiger partial charge in [-0.25, -0.2) is 4.79 Å². The minimum absolute atomic E-state index is 0.0525. The largest absolute Gasteiger partial charge is 0.450 e. The lowest BCUT2D eigenvalue weighted by Gasteiger charge is -2.34. The SMILES string of the molecule is CCOC(=O)N1CCN(C(=O)CCCCCN2C(=O)/C(=C\C=C\c3ccccc3)SC2=S)CC1. The van der Waals surface area contributed by atoms with Crippen LogP contribution in [0.15, 0.2) is 47.4 Å². The zero-order valence-corrected chi connectivity index (χ0v) is 21.1. The summed E-state index contributed by atoms with van der Waals surface area (Å²) in [5, 5.41) is 0. The van der Waals surface area contributed by atoms with Crippen molar-refractivity contribution in [1.29, 1.82) is 0 Å². The molecule has 0 saturated carbocycles. The molecule has 7 nitrogen and oxygen atoms in total. The Morgan fingerprint density at radius 3 is 2.47 bits per heavy atom. The first-order valence-corrected chi connectivity index (χ1v) is 12.9. The van der Waals surface area contributed by atoms with Gasteiger partial charge in [-0.15, -0.1) is 0 Å². The Morgan fingerprint density at radius 1 is 1.06 bits per heavy atom. The molecule has 0 aliphatic carbocycles. The molecule has 1 aromatic rings. The fourth-order valence-corrected chi connectivity index (χ4v) is 5.01. The maximum absolute atomic E-state index is 12.7. The van der Waals surface area contributed by atoms with E-state index in [9.17, 15) is 14.4 Å². The number of benzene rings is 1. The molecule has 2 fully saturated rings. The summed E-state index contributed by atoms with van der Waals surface area (Å²) in [7, 11) is 0. The van der Waals surface area contributed by atoms with Gasteiger partial charge in [-0.3, -0.25) is 14.5 Å². The van der Waals surface area contributed by atoms with Crippen molar-refractivity contribution in [3.8, 4) is 0 Å². The summed E-state index contributed by atoms with van der Waals surface area (Å²) in [6.45, 7) is 4.80. The molecule has 0 spiro atoms. The van der Waals surface area contributed by atoms with Gasteiger partial charge in [0.15, 0.2) is 0 Å². The summed E-state index contributed by atoms with van der Waals surface area (Å²) in [6, 6.07) is 9.91. The highest BCUT2D eigenvalue weighted by Crippen LogP contribution is 2.31. The number of piperazine rings is 1. The lowest BCUT2D eigenvalue weighted by Crippen LogP contribution is -2.50. The Balaban J connectivity index is 1.34. The third kappa shape index (κ3) is 7.43. The first-order valence-electron chi connectivity index (χ1n) is 11.7. The molecular weight excluding hydrogens is 470 g/mol. The molecule has 1 aromatic carbocycles. The molecule has 2 aliphatic heterocycles. The number of hydrogen-bond acceptors (Lipinski definition) is 6. The van der Waals surface area contributed by atoms with Crippen LogP contribution in [0.5, 0.6) is 0 Å². The van der Waals surface area contributed by atoms with Crippen LogP contribution in [0.25, 0.3) is 6.08 Å². The predicted octanol–water partition coefficient (Wildman–Crippen LogP) is 4.31. The number of ether oxygens (including phenoxy) is 1. The molecule has 3 amide bonds. The van der Waals surface area contributed by atoms with Crippen molar-refractivity contribution in [2.75, 3.05) is 39.3 Å². The molecule has 34 heavy (non-hydrogen) atoms. The van der Waals surface area contributed by atoms with E-state index in [2.05, 4.69) is 0 Å². The molecule has 0 N–H and O–H groups in total. The smallest absolute Gasteiger partial charge is 0.409 e. The van der Waals surface area contributed by atoms with Gasteiger partial charge in [0.2, 0.25) is 5.91 Å². The number of carbonyl (C=O) groups is 3. The maximum Gasteiger partial charge on any atom is 0.409 e. The predicted molar refractivity (Wildman–Crippen MR) is 139 cm³/mol. The van der Waals surface area contributed by atoms with Gasteiger partial charge in [-0.1, -0.05) is 72.9 Å². The van der Waals surface area contributed by atoms with Crippen LogP contribution in [0, 0.1) is 0 Å². The number of thioether (sulfide) groups is 1. The van der Waals surface area contributed by atoms with E-state index < -0.39 is 0 Å². The molecular formula is C25H31N3O4S2. The number of nitrogens with zero attached hydrogens (tertiary/aromatic N) is 3. The summed E-state index contributed by atoms with van der Waals surface area (Å²) in [4.78, 5) is 42.6. The van der Waals surface area contributed by atoms with Crippen molar-refractivity contribution >= 4 is 52.3 Å². The number of amides is 3. The van der Waals surface area contributed by atoms with Crippen LogP contribution in [0.4, 0.5) is 4.79 Å². The number of unbranched alkanes of at least 4 members (excludes halogenated alkanes) is 2. The highest BCUT2D eigenvalue weighted by atomic mass is 32.2. The van der Waals surface area contributed by atoms with Gasteiger partial charge in [0.1, 0.15) is 4.32 Å². The van der Waals surface area contributed by atoms with Gasteiger partial charge in [-0.2, -0.15) is 0 Å². The molecule has 2 saturated heterocycles. The number of thiocarbonyl (C=S) groups is 1. The highest BCUT2D eigenvalue weighted by Gasteiger charge is 2.31. The topological polar surface area (TPSA) is 70.2 Å². The average molecular weight is 502 g/mol. The quantitative estimate of drug-likeness (QED) is 0.285. The minimum atomic E-state index is -0.313. The van der Waals surface area contributed by atoms with Gasteiger partial charge >= 0.3 is 6.09 Å². The summed E-state index contributed by atoms with van der Waals surface area (Å²) in [5.41, 5.74) is 1.07. The van der Waals surface area contributed by atoms with Gasteiger partial charge in [0.25, 0.3) is 5.91 Å². The second-order valence-electron chi connectivity index (χ2n) is 8.00. The van der Waals surface area contributed by atoms with Gasteiger partial charge in [0, 0.05) is 39.1 Å². The monoisotopic (exact) mass is 501 g/mol. The van der Waals surface area contributed by atoms with E-state index in [1.165, 1.54) is 11.8 Å². The highest BCUT2D eigenvalue weighted by molar-refractivity contribution is 8.26. The van der Waals surface area contributed by atoms with E-state index in [4.69, 9.17) is 17.0 Å². The maximum atomic E-state index is 12.7. The first-order chi connectivity index (χ1) is 16.5. The number of rotatable bonds is 9. The number of allylic oxidation sites excluding steroid dienone is 2. The van der Waals surface area contributed by atoms with Crippen LogP contribution in [-0.4, -0.2) is 76.3 Å². The van der Waals surface area contributed by atoms with Crippen LogP contribution in [-0.2, 0) is 14.3 Å². The molecule has 0 unspecified atom stereocenters. The third-order valence-corrected chi connectivity index (χ3v) is 7.04. The number of hydrogen-bond donors (Lipinski definition) is 0. The van der Waals surface area contributed by atoms with Crippen molar-refractivity contribution in [1.82, 2.24) is 14.7 Å². The average Bonchev–Trinajstić information content (AvgIpc) is 3.12. The number of carbonyl (C=O) groups excluding carboxylic acids is 3. The van der Waals surface area contributed by atoms with Crippen molar-refractivity contribution < 1.29 is 19.1 Å². The van der Waals surface area contributed by atoms with Crippen LogP contribution in [0.2, 0.25) is 0 Å². The molecule has 3 rings (SSSR count). The van der Waals surface area contributed by atoms with E-state index in [1.54, 1.807) is 16.7 Å². The Hall–Kier alpha value is -2.65. The van der Waals surface area contributed by atoms with Crippen molar-refractivity contribution in [3.05, 3.63) is 53.0 Å². The molecule has 9 heteroatoms. The summed E-state index contributed by atoms with van der Waals surface area (Å²) in [6.07, 6.45) is 8.21. The van der Waals surface area contributed by atoms with Gasteiger partial charge in [-0.05, 0) is 31.4 Å². The Labute approximate surface area is 210 Å². The van der Waals surface area contributed by atoms with Crippen molar-refractivity contribution in [2.24, 2.45) is 0 Å². The van der Waals surface area contributed by atoms with Gasteiger partial charge < -0.3 is 14.5 Å². The Kier molecular flexibility index (Phi) is 10.2. The molecule has 0 bridgehead atoms. The molecule has 0 aromatic heterocycles. The van der Waals surface area contributed by atoms with Crippen molar-refractivity contribution in [2.45, 2.75) is 32.6 Å². The second-order valence-corrected chi connectivity index (χ2v) is 9.68. The van der Waals surface area contributed by atoms with E-state index >= 15 is 0 Å². The zero-order chi connectivity index (χ0) is 24.3. The fourth-order valence-electron chi connectivity index (χ4n) is 3.75. The van der Waals surface area contributed by atoms with E-state index in [0.717, 1.165) is 24.8 Å². The lowest BCUT2D eigenvalue weighted by atomic mass is 10.1. The summed E-state index contributed by atoms with van der Waals surface area (Å²) >= 11 is 6.72. The summed E-state index contributed by atoms with van der Waals surface area (Å²) in [5.74, 6) is 0.0607. The van der Waals surface area contributed by atoms with Crippen molar-refractivity contribution in [3.63, 3.8) is 0 Å². The normalized spacial score (nSPS) is 17.8. The fraction of sp³-hybridized carbons (Fsp3) is 0.440. The molecule has 0 atom stereocenters. The first kappa shape index (κ1) is 26.0.